The third-order valence-corrected chi connectivity index (χ3v) is 3.59. The van der Waals surface area contributed by atoms with Crippen molar-refractivity contribution < 1.29 is 9.59 Å². The van der Waals surface area contributed by atoms with Crippen LogP contribution in [-0.2, 0) is 0 Å². The van der Waals surface area contributed by atoms with Gasteiger partial charge in [-0.2, -0.15) is 0 Å². The summed E-state index contributed by atoms with van der Waals surface area (Å²) in [6.07, 6.45) is 6.65. The van der Waals surface area contributed by atoms with Crippen molar-refractivity contribution in [3.05, 3.63) is 0 Å². The summed E-state index contributed by atoms with van der Waals surface area (Å²) in [7, 11) is 0. The second kappa shape index (κ2) is 9.47. The molecule has 8 heteroatoms. The molecule has 126 valence electrons. The van der Waals surface area contributed by atoms with Crippen LogP contribution >= 0.6 is 0 Å². The summed E-state index contributed by atoms with van der Waals surface area (Å²) < 4.78 is 0. The number of nitrogens with one attached hydrogen (secondary N) is 4. The molecule has 0 aromatic carbocycles. The lowest BCUT2D eigenvalue weighted by molar-refractivity contribution is 0.226. The molecule has 4 amide bonds. The lowest BCUT2D eigenvalue weighted by Gasteiger charge is -2.08. The number of hydrogen-bond acceptors (Lipinski definition) is 4. The van der Waals surface area contributed by atoms with E-state index in [1.54, 1.807) is 0 Å². The second-order valence-electron chi connectivity index (χ2n) is 5.83. The van der Waals surface area contributed by atoms with E-state index in [1.807, 2.05) is 10.0 Å². The van der Waals surface area contributed by atoms with Gasteiger partial charge in [0, 0.05) is 39.3 Å². The highest BCUT2D eigenvalue weighted by Crippen LogP contribution is 2.04. The van der Waals surface area contributed by atoms with Crippen LogP contribution in [0.1, 0.15) is 38.5 Å². The number of hydrogen-bond donors (Lipinski definition) is 4. The molecule has 0 unspecified atom stereocenters. The predicted octanol–water partition coefficient (Wildman–Crippen LogP) is 0.387. The van der Waals surface area contributed by atoms with Gasteiger partial charge in [0.25, 0.3) is 0 Å². The van der Waals surface area contributed by atoms with Gasteiger partial charge in [0.15, 0.2) is 0 Å². The third-order valence-electron chi connectivity index (χ3n) is 3.59. The fraction of sp³-hybridized carbons (Fsp3) is 0.857. The van der Waals surface area contributed by atoms with Gasteiger partial charge in [-0.15, -0.1) is 0 Å². The molecular weight excluding hydrogens is 284 g/mol. The largest absolute Gasteiger partial charge is 0.337 e. The Hall–Kier alpha value is -1.54. The van der Waals surface area contributed by atoms with Gasteiger partial charge in [-0.25, -0.2) is 19.6 Å². The summed E-state index contributed by atoms with van der Waals surface area (Å²) in [4.78, 5) is 22.6. The van der Waals surface area contributed by atoms with Crippen molar-refractivity contribution in [2.75, 3.05) is 39.3 Å². The fourth-order valence-electron chi connectivity index (χ4n) is 2.05. The predicted molar refractivity (Wildman–Crippen MR) is 83.9 cm³/mol. The number of hydrazine groups is 2. The maximum Gasteiger partial charge on any atom is 0.329 e. The average Bonchev–Trinajstić information content (AvgIpc) is 3.37. The van der Waals surface area contributed by atoms with E-state index in [0.29, 0.717) is 0 Å². The van der Waals surface area contributed by atoms with E-state index in [-0.39, 0.29) is 12.1 Å². The highest BCUT2D eigenvalue weighted by molar-refractivity contribution is 5.73. The molecule has 4 N–H and O–H groups in total. The normalized spacial score (nSPS) is 16.9. The van der Waals surface area contributed by atoms with E-state index >= 15 is 0 Å². The summed E-state index contributed by atoms with van der Waals surface area (Å²) in [5.41, 5.74) is 5.49. The first-order valence-corrected chi connectivity index (χ1v) is 8.33. The lowest BCUT2D eigenvalue weighted by atomic mass is 10.1. The van der Waals surface area contributed by atoms with E-state index in [4.69, 9.17) is 0 Å². The summed E-state index contributed by atoms with van der Waals surface area (Å²) in [5, 5.41) is 9.43. The number of nitrogens with zero attached hydrogens (tertiary/aromatic N) is 2. The van der Waals surface area contributed by atoms with Crippen LogP contribution in [0.5, 0.6) is 0 Å². The number of rotatable bonds is 11. The smallest absolute Gasteiger partial charge is 0.329 e. The Kier molecular flexibility index (Phi) is 7.24. The Bertz CT molecular complexity index is 323. The topological polar surface area (TPSA) is 88.3 Å². The molecule has 0 spiro atoms. The van der Waals surface area contributed by atoms with Crippen LogP contribution in [-0.4, -0.2) is 61.3 Å². The zero-order valence-corrected chi connectivity index (χ0v) is 13.2. The molecule has 0 aliphatic carbocycles. The van der Waals surface area contributed by atoms with Crippen LogP contribution in [0.4, 0.5) is 9.59 Å². The molecule has 2 saturated heterocycles. The van der Waals surface area contributed by atoms with Gasteiger partial charge >= 0.3 is 12.1 Å². The molecule has 22 heavy (non-hydrogen) atoms. The Balaban J connectivity index is 1.26. The van der Waals surface area contributed by atoms with Gasteiger partial charge < -0.3 is 10.6 Å². The average molecular weight is 312 g/mol. The van der Waals surface area contributed by atoms with Crippen molar-refractivity contribution in [1.82, 2.24) is 31.5 Å². The number of amides is 4. The van der Waals surface area contributed by atoms with Crippen molar-refractivity contribution in [3.8, 4) is 0 Å². The number of unbranched alkanes of at least 4 members (excludes halogenated alkanes) is 5. The first kappa shape index (κ1) is 16.8. The van der Waals surface area contributed by atoms with E-state index in [9.17, 15) is 9.59 Å². The SMILES string of the molecule is O=C(NCCCCCCCCNC(=O)NN1CC1)NN1CC1. The number of carbonyl (C=O) groups is 2. The van der Waals surface area contributed by atoms with Crippen molar-refractivity contribution >= 4 is 12.1 Å². The highest BCUT2D eigenvalue weighted by Gasteiger charge is 2.19. The first-order valence-electron chi connectivity index (χ1n) is 8.33. The minimum Gasteiger partial charge on any atom is -0.337 e. The molecule has 0 atom stereocenters. The molecule has 0 bridgehead atoms. The molecule has 2 rings (SSSR count). The lowest BCUT2D eigenvalue weighted by Crippen LogP contribution is -2.39. The van der Waals surface area contributed by atoms with Crippen LogP contribution in [0.15, 0.2) is 0 Å². The maximum absolute atomic E-state index is 11.3. The van der Waals surface area contributed by atoms with E-state index < -0.39 is 0 Å². The minimum absolute atomic E-state index is 0.0932. The van der Waals surface area contributed by atoms with Crippen LogP contribution < -0.4 is 21.5 Å². The quantitative estimate of drug-likeness (QED) is 0.328. The standard InChI is InChI=1S/C14H28N6O2/c21-13(17-19-9-10-19)15-7-5-3-1-2-4-6-8-16-14(22)18-20-11-12-20/h1-12H2,(H2,15,17,21)(H2,16,18,22). The van der Waals surface area contributed by atoms with Crippen LogP contribution in [0.2, 0.25) is 0 Å². The van der Waals surface area contributed by atoms with Gasteiger partial charge in [-0.3, -0.25) is 10.9 Å². The molecule has 0 aromatic heterocycles. The Morgan fingerprint density at radius 1 is 0.636 bits per heavy atom. The molecular formula is C14H28N6O2. The van der Waals surface area contributed by atoms with Gasteiger partial charge in [0.2, 0.25) is 0 Å². The van der Waals surface area contributed by atoms with Crippen molar-refractivity contribution in [3.63, 3.8) is 0 Å². The van der Waals surface area contributed by atoms with Crippen molar-refractivity contribution in [1.29, 1.82) is 0 Å². The molecule has 2 aliphatic heterocycles. The van der Waals surface area contributed by atoms with E-state index in [0.717, 1.165) is 65.0 Å². The van der Waals surface area contributed by atoms with Crippen LogP contribution in [0.3, 0.4) is 0 Å². The second-order valence-corrected chi connectivity index (χ2v) is 5.83. The van der Waals surface area contributed by atoms with Gasteiger partial charge in [-0.1, -0.05) is 25.7 Å². The number of carbonyl (C=O) groups excluding carboxylic acids is 2. The fourth-order valence-corrected chi connectivity index (χ4v) is 2.05. The van der Waals surface area contributed by atoms with Gasteiger partial charge in [0.1, 0.15) is 0 Å². The molecule has 0 saturated carbocycles. The first-order chi connectivity index (χ1) is 10.7. The number of urea groups is 2. The van der Waals surface area contributed by atoms with Crippen molar-refractivity contribution in [2.24, 2.45) is 0 Å². The highest BCUT2D eigenvalue weighted by atomic mass is 16.2. The molecule has 2 heterocycles. The summed E-state index contributed by atoms with van der Waals surface area (Å²) in [5.74, 6) is 0. The molecule has 0 radical (unpaired) electrons. The summed E-state index contributed by atoms with van der Waals surface area (Å²) in [6, 6.07) is -0.186. The molecule has 2 aliphatic rings. The van der Waals surface area contributed by atoms with Gasteiger partial charge in [0.05, 0.1) is 0 Å². The van der Waals surface area contributed by atoms with Crippen molar-refractivity contribution in [2.45, 2.75) is 38.5 Å². The molecule has 0 aromatic rings. The zero-order valence-electron chi connectivity index (χ0n) is 13.2. The zero-order chi connectivity index (χ0) is 15.6. The molecule has 8 nitrogen and oxygen atoms in total. The van der Waals surface area contributed by atoms with E-state index in [2.05, 4.69) is 21.5 Å². The van der Waals surface area contributed by atoms with E-state index in [1.165, 1.54) is 12.8 Å². The third kappa shape index (κ3) is 8.68. The Labute approximate surface area is 131 Å². The Morgan fingerprint density at radius 3 is 1.36 bits per heavy atom. The monoisotopic (exact) mass is 312 g/mol. The van der Waals surface area contributed by atoms with Gasteiger partial charge in [-0.05, 0) is 12.8 Å². The molecule has 2 fully saturated rings. The maximum atomic E-state index is 11.3. The van der Waals surface area contributed by atoms with Crippen LogP contribution in [0.25, 0.3) is 0 Å². The summed E-state index contributed by atoms with van der Waals surface area (Å²) in [6.45, 7) is 5.31. The summed E-state index contributed by atoms with van der Waals surface area (Å²) >= 11 is 0. The van der Waals surface area contributed by atoms with Crippen LogP contribution in [0, 0.1) is 0 Å². The Morgan fingerprint density at radius 2 is 1.00 bits per heavy atom. The minimum atomic E-state index is -0.0932.